The van der Waals surface area contributed by atoms with Crippen LogP contribution >= 0.6 is 0 Å². The Kier molecular flexibility index (Phi) is 4.61. The molecule has 2 heterocycles. The van der Waals surface area contributed by atoms with Crippen LogP contribution < -0.4 is 11.2 Å². The van der Waals surface area contributed by atoms with E-state index in [-0.39, 0.29) is 5.69 Å². The molecule has 140 valence electrons. The van der Waals surface area contributed by atoms with Crippen LogP contribution in [0.15, 0.2) is 39.0 Å². The number of amides is 1. The second-order valence-corrected chi connectivity index (χ2v) is 6.61. The molecule has 1 aromatic carbocycles. The molecule has 0 aliphatic carbocycles. The molecule has 9 nitrogen and oxygen atoms in total. The van der Waals surface area contributed by atoms with Gasteiger partial charge in [-0.2, -0.15) is 10.2 Å². The Morgan fingerprint density at radius 3 is 2.22 bits per heavy atom. The van der Waals surface area contributed by atoms with E-state index in [0.29, 0.717) is 11.6 Å². The Morgan fingerprint density at radius 2 is 1.63 bits per heavy atom. The smallest absolute Gasteiger partial charge is 0.287 e. The molecule has 9 heteroatoms. The fourth-order valence-electron chi connectivity index (χ4n) is 2.80. The maximum Gasteiger partial charge on any atom is 0.351 e. The Hall–Kier alpha value is -3.36. The lowest BCUT2D eigenvalue weighted by Crippen LogP contribution is -2.46. The van der Waals surface area contributed by atoms with Crippen LogP contribution in [-0.2, 0) is 16.6 Å². The molecule has 1 atom stereocenters. The highest BCUT2D eigenvalue weighted by Crippen LogP contribution is 2.17. The van der Waals surface area contributed by atoms with E-state index in [2.05, 4.69) is 10.2 Å². The van der Waals surface area contributed by atoms with Crippen molar-refractivity contribution in [1.82, 2.24) is 19.4 Å². The van der Waals surface area contributed by atoms with Gasteiger partial charge in [0.05, 0.1) is 5.69 Å². The molecule has 0 fully saturated rings. The molecule has 0 saturated carbocycles. The number of Topliss-reactive ketones (excluding diaryl/α,β-unsaturated/α-hetero) is 1. The maximum absolute atomic E-state index is 12.9. The van der Waals surface area contributed by atoms with E-state index >= 15 is 0 Å². The summed E-state index contributed by atoms with van der Waals surface area (Å²) in [5, 5.41) is 8.63. The largest absolute Gasteiger partial charge is 0.351 e. The summed E-state index contributed by atoms with van der Waals surface area (Å²) in [5.41, 5.74) is -0.208. The molecule has 1 unspecified atom stereocenters. The lowest BCUT2D eigenvalue weighted by Gasteiger charge is -2.20. The number of carbonyl (C=O) groups is 2. The van der Waals surface area contributed by atoms with Gasteiger partial charge in [0.1, 0.15) is 11.6 Å². The van der Waals surface area contributed by atoms with E-state index in [9.17, 15) is 19.2 Å². The average Bonchev–Trinajstić information content (AvgIpc) is 2.64. The summed E-state index contributed by atoms with van der Waals surface area (Å²) in [6.07, 6.45) is 1.18. The minimum absolute atomic E-state index is 0.222. The molecular formula is C18H19N5O4. The number of carbonyl (C=O) groups excluding carboxylic acids is 2. The van der Waals surface area contributed by atoms with E-state index in [1.54, 1.807) is 12.1 Å². The number of hydrogen-bond donors (Lipinski definition) is 0. The summed E-state index contributed by atoms with van der Waals surface area (Å²) in [7, 11) is 2.72. The first-order valence-electron chi connectivity index (χ1n) is 8.39. The normalized spacial score (nSPS) is 17.1. The van der Waals surface area contributed by atoms with E-state index in [1.165, 1.54) is 20.3 Å². The van der Waals surface area contributed by atoms with Crippen LogP contribution in [0.2, 0.25) is 0 Å². The van der Waals surface area contributed by atoms with Crippen molar-refractivity contribution < 1.29 is 9.59 Å². The van der Waals surface area contributed by atoms with Gasteiger partial charge >= 0.3 is 11.6 Å². The van der Waals surface area contributed by atoms with Gasteiger partial charge in [-0.1, -0.05) is 26.0 Å². The quantitative estimate of drug-likeness (QED) is 0.717. The minimum Gasteiger partial charge on any atom is -0.287 e. The van der Waals surface area contributed by atoms with E-state index in [4.69, 9.17) is 0 Å². The molecule has 1 amide bonds. The lowest BCUT2D eigenvalue weighted by molar-refractivity contribution is -0.144. The standard InChI is InChI=1S/C18H19N5O4/c1-10(2)11-5-7-12(8-6-11)23-16(25)14(20-22(4)18(23)27)13-9-19-21(3)17(26)15(13)24/h5-10,13H,1-4H3. The van der Waals surface area contributed by atoms with Crippen LogP contribution in [0.25, 0.3) is 5.69 Å². The van der Waals surface area contributed by atoms with Gasteiger partial charge in [-0.3, -0.25) is 14.4 Å². The molecule has 0 N–H and O–H groups in total. The molecule has 0 radical (unpaired) electrons. The van der Waals surface area contributed by atoms with Crippen molar-refractivity contribution in [2.24, 2.45) is 12.1 Å². The SMILES string of the molecule is CC(C)c1ccc(-n2c(=O)c(C3C=NN(C)C(=O)C3=O)nn(C)c2=O)cc1. The Labute approximate surface area is 154 Å². The van der Waals surface area contributed by atoms with Gasteiger partial charge in [-0.15, -0.1) is 0 Å². The third-order valence-electron chi connectivity index (χ3n) is 4.44. The number of hydrogen-bond acceptors (Lipinski definition) is 6. The number of aryl methyl sites for hydroxylation is 1. The van der Waals surface area contributed by atoms with Crippen LogP contribution in [0.1, 0.15) is 36.9 Å². The summed E-state index contributed by atoms with van der Waals surface area (Å²) < 4.78 is 1.91. The molecule has 2 aromatic rings. The average molecular weight is 369 g/mol. The van der Waals surface area contributed by atoms with Crippen molar-refractivity contribution in [3.63, 3.8) is 0 Å². The van der Waals surface area contributed by atoms with E-state index < -0.39 is 28.9 Å². The Bertz CT molecular complexity index is 1060. The van der Waals surface area contributed by atoms with Crippen molar-refractivity contribution in [3.05, 3.63) is 56.4 Å². The number of likely N-dealkylation sites (N-methyl/N-ethyl adjacent to an activating group) is 1. The molecule has 0 spiro atoms. The third kappa shape index (κ3) is 3.12. The molecule has 0 saturated heterocycles. The molecule has 27 heavy (non-hydrogen) atoms. The molecular weight excluding hydrogens is 350 g/mol. The van der Waals surface area contributed by atoms with Crippen molar-refractivity contribution in [2.75, 3.05) is 7.05 Å². The second kappa shape index (κ2) is 6.75. The topological polar surface area (TPSA) is 107 Å². The monoisotopic (exact) mass is 369 g/mol. The van der Waals surface area contributed by atoms with Crippen molar-refractivity contribution in [1.29, 1.82) is 0 Å². The van der Waals surface area contributed by atoms with Gasteiger partial charge in [-0.25, -0.2) is 19.1 Å². The van der Waals surface area contributed by atoms with Gasteiger partial charge in [-0.05, 0) is 23.6 Å². The maximum atomic E-state index is 12.9. The number of benzene rings is 1. The first-order chi connectivity index (χ1) is 12.7. The predicted octanol–water partition coefficient (Wildman–Crippen LogP) is 0.165. The van der Waals surface area contributed by atoms with Crippen LogP contribution in [0.5, 0.6) is 0 Å². The van der Waals surface area contributed by atoms with Crippen molar-refractivity contribution >= 4 is 17.9 Å². The minimum atomic E-state index is -1.23. The summed E-state index contributed by atoms with van der Waals surface area (Å²) in [6.45, 7) is 4.07. The zero-order valence-corrected chi connectivity index (χ0v) is 15.4. The van der Waals surface area contributed by atoms with Crippen LogP contribution in [-0.4, -0.2) is 44.3 Å². The summed E-state index contributed by atoms with van der Waals surface area (Å²) in [5.74, 6) is -2.59. The first kappa shape index (κ1) is 18.4. The van der Waals surface area contributed by atoms with E-state index in [0.717, 1.165) is 19.8 Å². The van der Waals surface area contributed by atoms with Gasteiger partial charge < -0.3 is 0 Å². The highest BCUT2D eigenvalue weighted by atomic mass is 16.2. The van der Waals surface area contributed by atoms with Crippen LogP contribution in [0.3, 0.4) is 0 Å². The van der Waals surface area contributed by atoms with Crippen molar-refractivity contribution in [2.45, 2.75) is 25.7 Å². The number of aromatic nitrogens is 3. The lowest BCUT2D eigenvalue weighted by atomic mass is 10.00. The Balaban J connectivity index is 2.19. The third-order valence-corrected chi connectivity index (χ3v) is 4.44. The number of ketones is 1. The molecule has 0 bridgehead atoms. The zero-order chi connectivity index (χ0) is 19.9. The highest BCUT2D eigenvalue weighted by molar-refractivity contribution is 6.42. The van der Waals surface area contributed by atoms with Gasteiger partial charge in [0.2, 0.25) is 5.78 Å². The van der Waals surface area contributed by atoms with E-state index in [1.807, 2.05) is 26.0 Å². The predicted molar refractivity (Wildman–Crippen MR) is 98.2 cm³/mol. The number of hydrazone groups is 1. The molecule has 1 aromatic heterocycles. The summed E-state index contributed by atoms with van der Waals surface area (Å²) in [6, 6.07) is 6.99. The highest BCUT2D eigenvalue weighted by Gasteiger charge is 2.35. The number of rotatable bonds is 3. The summed E-state index contributed by atoms with van der Waals surface area (Å²) in [4.78, 5) is 49.6. The molecule has 1 aliphatic rings. The number of nitrogens with zero attached hydrogens (tertiary/aromatic N) is 5. The fraction of sp³-hybridized carbons (Fsp3) is 0.333. The zero-order valence-electron chi connectivity index (χ0n) is 15.4. The summed E-state index contributed by atoms with van der Waals surface area (Å²) >= 11 is 0. The van der Waals surface area contributed by atoms with Crippen LogP contribution in [0, 0.1) is 0 Å². The molecule has 1 aliphatic heterocycles. The molecule has 3 rings (SSSR count). The van der Waals surface area contributed by atoms with Crippen molar-refractivity contribution in [3.8, 4) is 5.69 Å². The van der Waals surface area contributed by atoms with Gasteiger partial charge in [0.25, 0.3) is 5.56 Å². The second-order valence-electron chi connectivity index (χ2n) is 6.61. The van der Waals surface area contributed by atoms with Gasteiger partial charge in [0, 0.05) is 20.3 Å². The Morgan fingerprint density at radius 1 is 1.00 bits per heavy atom. The van der Waals surface area contributed by atoms with Crippen LogP contribution in [0.4, 0.5) is 0 Å². The first-order valence-corrected chi connectivity index (χ1v) is 8.39. The van der Waals surface area contributed by atoms with Gasteiger partial charge in [0.15, 0.2) is 0 Å². The fourth-order valence-corrected chi connectivity index (χ4v) is 2.80.